The average Bonchev–Trinajstić information content (AvgIpc) is 3.06. The molecule has 0 amide bonds. The van der Waals surface area contributed by atoms with Crippen LogP contribution in [-0.2, 0) is 11.3 Å². The molecule has 1 aromatic carbocycles. The van der Waals surface area contributed by atoms with Crippen LogP contribution in [0, 0.1) is 5.92 Å². The van der Waals surface area contributed by atoms with E-state index < -0.39 is 0 Å². The van der Waals surface area contributed by atoms with Gasteiger partial charge in [-0.1, -0.05) is 15.9 Å². The lowest BCUT2D eigenvalue weighted by atomic mass is 10.2. The molecule has 0 N–H and O–H groups in total. The number of methoxy groups -OCH3 is 1. The Hall–Kier alpha value is -1.36. The van der Waals surface area contributed by atoms with Gasteiger partial charge < -0.3 is 4.74 Å². The number of nitrogens with zero attached hydrogens (tertiary/aromatic N) is 2. The summed E-state index contributed by atoms with van der Waals surface area (Å²) in [5.41, 5.74) is 1.35. The van der Waals surface area contributed by atoms with Gasteiger partial charge in [0.25, 0.3) is 0 Å². The summed E-state index contributed by atoms with van der Waals surface area (Å²) in [5.74, 6) is 0.438. The first-order chi connectivity index (χ1) is 8.67. The molecule has 18 heavy (non-hydrogen) atoms. The van der Waals surface area contributed by atoms with Crippen molar-refractivity contribution >= 4 is 32.8 Å². The van der Waals surface area contributed by atoms with Gasteiger partial charge in [-0.15, -0.1) is 0 Å². The molecular weight excluding hydrogens is 296 g/mol. The van der Waals surface area contributed by atoms with Crippen molar-refractivity contribution in [1.29, 1.82) is 0 Å². The maximum absolute atomic E-state index is 11.5. The molecule has 1 aromatic heterocycles. The van der Waals surface area contributed by atoms with Crippen LogP contribution < -0.4 is 0 Å². The normalized spacial score (nSPS) is 15.0. The van der Waals surface area contributed by atoms with Gasteiger partial charge in [-0.2, -0.15) is 5.10 Å². The molecule has 1 fully saturated rings. The summed E-state index contributed by atoms with van der Waals surface area (Å²) >= 11 is 3.48. The van der Waals surface area contributed by atoms with Gasteiger partial charge in [0.1, 0.15) is 0 Å². The van der Waals surface area contributed by atoms with Crippen molar-refractivity contribution in [2.75, 3.05) is 7.11 Å². The van der Waals surface area contributed by atoms with Crippen molar-refractivity contribution in [2.45, 2.75) is 19.4 Å². The molecule has 0 saturated heterocycles. The van der Waals surface area contributed by atoms with Crippen molar-refractivity contribution in [3.05, 3.63) is 28.4 Å². The second-order valence-electron chi connectivity index (χ2n) is 4.68. The minimum absolute atomic E-state index is 0.339. The van der Waals surface area contributed by atoms with Crippen LogP contribution in [0.15, 0.2) is 22.8 Å². The standard InChI is InChI=1S/C13H13BrN2O2/c1-18-13(17)9-4-11(14)10-7-16(6-8-2-3-8)15-12(10)5-9/h4-5,7-8H,2-3,6H2,1H3. The van der Waals surface area contributed by atoms with Crippen LogP contribution >= 0.6 is 15.9 Å². The monoisotopic (exact) mass is 308 g/mol. The zero-order chi connectivity index (χ0) is 12.7. The summed E-state index contributed by atoms with van der Waals surface area (Å²) in [4.78, 5) is 11.5. The highest BCUT2D eigenvalue weighted by atomic mass is 79.9. The highest BCUT2D eigenvalue weighted by Gasteiger charge is 2.22. The van der Waals surface area contributed by atoms with Crippen LogP contribution in [0.3, 0.4) is 0 Å². The van der Waals surface area contributed by atoms with E-state index in [2.05, 4.69) is 21.0 Å². The van der Waals surface area contributed by atoms with E-state index in [1.165, 1.54) is 20.0 Å². The van der Waals surface area contributed by atoms with Crippen LogP contribution in [-0.4, -0.2) is 22.9 Å². The number of ether oxygens (including phenoxy) is 1. The second-order valence-corrected chi connectivity index (χ2v) is 5.53. The largest absolute Gasteiger partial charge is 0.465 e. The molecule has 1 saturated carbocycles. The number of halogens is 1. The molecule has 4 nitrogen and oxygen atoms in total. The first-order valence-electron chi connectivity index (χ1n) is 5.92. The van der Waals surface area contributed by atoms with E-state index >= 15 is 0 Å². The van der Waals surface area contributed by atoms with E-state index in [4.69, 9.17) is 4.74 Å². The Morgan fingerprint density at radius 3 is 3.00 bits per heavy atom. The first kappa shape index (κ1) is 11.7. The Balaban J connectivity index is 2.02. The third-order valence-electron chi connectivity index (χ3n) is 3.19. The summed E-state index contributed by atoms with van der Waals surface area (Å²) in [6.45, 7) is 0.967. The number of carbonyl (C=O) groups is 1. The highest BCUT2D eigenvalue weighted by Crippen LogP contribution is 2.32. The van der Waals surface area contributed by atoms with Gasteiger partial charge in [0.2, 0.25) is 0 Å². The summed E-state index contributed by atoms with van der Waals surface area (Å²) in [5, 5.41) is 5.54. The third-order valence-corrected chi connectivity index (χ3v) is 3.84. The van der Waals surface area contributed by atoms with Crippen molar-refractivity contribution < 1.29 is 9.53 Å². The number of carbonyl (C=O) groups excluding carboxylic acids is 1. The average molecular weight is 309 g/mol. The zero-order valence-corrected chi connectivity index (χ0v) is 11.6. The Kier molecular flexibility index (Phi) is 2.86. The lowest BCUT2D eigenvalue weighted by Gasteiger charge is -2.00. The van der Waals surface area contributed by atoms with Gasteiger partial charge in [-0.3, -0.25) is 4.68 Å². The van der Waals surface area contributed by atoms with Crippen LogP contribution in [0.25, 0.3) is 10.9 Å². The van der Waals surface area contributed by atoms with Gasteiger partial charge in [0.05, 0.1) is 18.2 Å². The van der Waals surface area contributed by atoms with Crippen molar-refractivity contribution in [3.63, 3.8) is 0 Å². The van der Waals surface area contributed by atoms with Crippen molar-refractivity contribution in [1.82, 2.24) is 9.78 Å². The lowest BCUT2D eigenvalue weighted by Crippen LogP contribution is -2.01. The molecule has 3 rings (SSSR count). The molecule has 0 radical (unpaired) electrons. The molecule has 0 spiro atoms. The summed E-state index contributed by atoms with van der Waals surface area (Å²) in [7, 11) is 1.38. The maximum Gasteiger partial charge on any atom is 0.337 e. The quantitative estimate of drug-likeness (QED) is 0.819. The minimum atomic E-state index is -0.339. The summed E-state index contributed by atoms with van der Waals surface area (Å²) in [6, 6.07) is 3.55. The molecule has 1 heterocycles. The van der Waals surface area contributed by atoms with Gasteiger partial charge in [0.15, 0.2) is 0 Å². The number of rotatable bonds is 3. The van der Waals surface area contributed by atoms with E-state index in [0.717, 1.165) is 27.8 Å². The molecule has 94 valence electrons. The molecule has 0 unspecified atom stereocenters. The molecule has 0 bridgehead atoms. The lowest BCUT2D eigenvalue weighted by molar-refractivity contribution is 0.0601. The second kappa shape index (κ2) is 4.39. The van der Waals surface area contributed by atoms with E-state index in [1.807, 2.05) is 10.9 Å². The minimum Gasteiger partial charge on any atom is -0.465 e. The van der Waals surface area contributed by atoms with Gasteiger partial charge in [-0.25, -0.2) is 4.79 Å². The van der Waals surface area contributed by atoms with E-state index in [9.17, 15) is 4.79 Å². The third kappa shape index (κ3) is 2.14. The molecule has 0 atom stereocenters. The molecule has 0 aliphatic heterocycles. The van der Waals surface area contributed by atoms with E-state index in [0.29, 0.717) is 5.56 Å². The highest BCUT2D eigenvalue weighted by molar-refractivity contribution is 9.10. The Morgan fingerprint density at radius 2 is 2.33 bits per heavy atom. The maximum atomic E-state index is 11.5. The topological polar surface area (TPSA) is 44.1 Å². The number of hydrogen-bond donors (Lipinski definition) is 0. The van der Waals surface area contributed by atoms with Gasteiger partial charge >= 0.3 is 5.97 Å². The number of aromatic nitrogens is 2. The van der Waals surface area contributed by atoms with Crippen LogP contribution in [0.1, 0.15) is 23.2 Å². The van der Waals surface area contributed by atoms with E-state index in [1.54, 1.807) is 12.1 Å². The zero-order valence-electron chi connectivity index (χ0n) is 10.0. The van der Waals surface area contributed by atoms with Crippen LogP contribution in [0.5, 0.6) is 0 Å². The Morgan fingerprint density at radius 1 is 1.56 bits per heavy atom. The number of esters is 1. The number of benzene rings is 1. The SMILES string of the molecule is COC(=O)c1cc(Br)c2cn(CC3CC3)nc2c1. The molecule has 2 aromatic rings. The smallest absolute Gasteiger partial charge is 0.337 e. The van der Waals surface area contributed by atoms with Gasteiger partial charge in [-0.05, 0) is 30.9 Å². The summed E-state index contributed by atoms with van der Waals surface area (Å²) < 4.78 is 7.57. The van der Waals surface area contributed by atoms with Crippen molar-refractivity contribution in [3.8, 4) is 0 Å². The summed E-state index contributed by atoms with van der Waals surface area (Å²) in [6.07, 6.45) is 4.62. The number of fused-ring (bicyclic) bond motifs is 1. The first-order valence-corrected chi connectivity index (χ1v) is 6.71. The fourth-order valence-corrected chi connectivity index (χ4v) is 2.58. The molecular formula is C13H13BrN2O2. The number of hydrogen-bond acceptors (Lipinski definition) is 3. The molecule has 5 heteroatoms. The fourth-order valence-electron chi connectivity index (χ4n) is 2.02. The Labute approximate surface area is 113 Å². The fraction of sp³-hybridized carbons (Fsp3) is 0.385. The van der Waals surface area contributed by atoms with Crippen LogP contribution in [0.2, 0.25) is 0 Å². The Bertz CT molecular complexity index is 617. The van der Waals surface area contributed by atoms with Crippen LogP contribution in [0.4, 0.5) is 0 Å². The van der Waals surface area contributed by atoms with Gasteiger partial charge in [0, 0.05) is 22.6 Å². The van der Waals surface area contributed by atoms with Crippen molar-refractivity contribution in [2.24, 2.45) is 5.92 Å². The molecule has 1 aliphatic rings. The molecule has 1 aliphatic carbocycles. The van der Waals surface area contributed by atoms with E-state index in [-0.39, 0.29) is 5.97 Å². The predicted molar refractivity (Wildman–Crippen MR) is 71.5 cm³/mol. The predicted octanol–water partition coefficient (Wildman–Crippen LogP) is 3.00.